The molecule has 4 nitrogen and oxygen atoms in total. The summed E-state index contributed by atoms with van der Waals surface area (Å²) in [5.41, 5.74) is 0.176. The molecule has 1 rings (SSSR count). The number of ether oxygens (including phenoxy) is 1. The number of esters is 1. The van der Waals surface area contributed by atoms with Crippen molar-refractivity contribution in [2.45, 2.75) is 13.8 Å². The van der Waals surface area contributed by atoms with E-state index in [0.717, 1.165) is 0 Å². The molecule has 76 valence electrons. The quantitative estimate of drug-likeness (QED) is 0.722. The van der Waals surface area contributed by atoms with Gasteiger partial charge < -0.3 is 4.74 Å². The van der Waals surface area contributed by atoms with Crippen LogP contribution in [0.4, 0.5) is 0 Å². The van der Waals surface area contributed by atoms with E-state index in [9.17, 15) is 4.79 Å². The third-order valence-electron chi connectivity index (χ3n) is 1.39. The van der Waals surface area contributed by atoms with Gasteiger partial charge in [0.25, 0.3) is 0 Å². The lowest BCUT2D eigenvalue weighted by Gasteiger charge is -2.05. The Morgan fingerprint density at radius 2 is 2.21 bits per heavy atom. The third-order valence-corrected chi connectivity index (χ3v) is 1.59. The highest BCUT2D eigenvalue weighted by Gasteiger charge is 2.09. The molecule has 0 aliphatic carbocycles. The van der Waals surface area contributed by atoms with Gasteiger partial charge in [0, 0.05) is 0 Å². The fraction of sp³-hybridized carbons (Fsp3) is 0.444. The minimum atomic E-state index is -0.470. The van der Waals surface area contributed by atoms with E-state index in [4.69, 9.17) is 16.3 Å². The minimum Gasteiger partial charge on any atom is -0.461 e. The summed E-state index contributed by atoms with van der Waals surface area (Å²) in [6.45, 7) is 4.30. The number of aromatic nitrogens is 2. The first-order valence-corrected chi connectivity index (χ1v) is 4.63. The maximum absolute atomic E-state index is 11.3. The molecule has 0 radical (unpaired) electrons. The van der Waals surface area contributed by atoms with Crippen LogP contribution >= 0.6 is 11.6 Å². The predicted molar refractivity (Wildman–Crippen MR) is 52.2 cm³/mol. The Labute approximate surface area is 87.2 Å². The van der Waals surface area contributed by atoms with Crippen LogP contribution in [0.3, 0.4) is 0 Å². The van der Waals surface area contributed by atoms with Crippen LogP contribution in [0.15, 0.2) is 12.1 Å². The van der Waals surface area contributed by atoms with E-state index in [-0.39, 0.29) is 10.8 Å². The molecule has 5 heteroatoms. The van der Waals surface area contributed by atoms with Gasteiger partial charge in [0.15, 0.2) is 10.8 Å². The fourth-order valence-corrected chi connectivity index (χ4v) is 0.842. The Morgan fingerprint density at radius 1 is 1.50 bits per heavy atom. The van der Waals surface area contributed by atoms with Gasteiger partial charge in [-0.2, -0.15) is 0 Å². The molecule has 0 aliphatic rings. The normalized spacial score (nSPS) is 10.3. The van der Waals surface area contributed by atoms with Crippen molar-refractivity contribution in [3.8, 4) is 0 Å². The molecule has 0 fully saturated rings. The van der Waals surface area contributed by atoms with Crippen LogP contribution in [0, 0.1) is 5.92 Å². The molecular formula is C9H11ClN2O2. The van der Waals surface area contributed by atoms with Crippen molar-refractivity contribution in [1.82, 2.24) is 10.2 Å². The fourth-order valence-electron chi connectivity index (χ4n) is 0.741. The molecule has 0 aliphatic heterocycles. The lowest BCUT2D eigenvalue weighted by atomic mass is 10.2. The molecule has 0 saturated carbocycles. The maximum Gasteiger partial charge on any atom is 0.358 e. The average Bonchev–Trinajstić information content (AvgIpc) is 2.15. The zero-order valence-electron chi connectivity index (χ0n) is 8.03. The van der Waals surface area contributed by atoms with Crippen molar-refractivity contribution >= 4 is 17.6 Å². The lowest BCUT2D eigenvalue weighted by Crippen LogP contribution is -2.12. The van der Waals surface area contributed by atoms with E-state index in [1.54, 1.807) is 0 Å². The average molecular weight is 215 g/mol. The topological polar surface area (TPSA) is 52.1 Å². The molecule has 0 unspecified atom stereocenters. The van der Waals surface area contributed by atoms with E-state index < -0.39 is 5.97 Å². The van der Waals surface area contributed by atoms with E-state index in [1.165, 1.54) is 12.1 Å². The SMILES string of the molecule is CC(C)COC(=O)c1ccc(Cl)nn1. The number of rotatable bonds is 3. The van der Waals surface area contributed by atoms with E-state index >= 15 is 0 Å². The van der Waals surface area contributed by atoms with Crippen molar-refractivity contribution in [1.29, 1.82) is 0 Å². The van der Waals surface area contributed by atoms with Gasteiger partial charge in [0.2, 0.25) is 0 Å². The van der Waals surface area contributed by atoms with Gasteiger partial charge in [-0.05, 0) is 18.1 Å². The van der Waals surface area contributed by atoms with Crippen LogP contribution in [0.1, 0.15) is 24.3 Å². The minimum absolute atomic E-state index is 0.176. The highest BCUT2D eigenvalue weighted by molar-refractivity contribution is 6.29. The predicted octanol–water partition coefficient (Wildman–Crippen LogP) is 1.94. The highest BCUT2D eigenvalue weighted by atomic mass is 35.5. The van der Waals surface area contributed by atoms with Gasteiger partial charge in [0.05, 0.1) is 6.61 Å². The first-order chi connectivity index (χ1) is 6.59. The van der Waals surface area contributed by atoms with Gasteiger partial charge in [-0.1, -0.05) is 25.4 Å². The highest BCUT2D eigenvalue weighted by Crippen LogP contribution is 2.04. The zero-order valence-corrected chi connectivity index (χ0v) is 8.78. The Kier molecular flexibility index (Phi) is 3.83. The van der Waals surface area contributed by atoms with E-state index in [0.29, 0.717) is 12.5 Å². The summed E-state index contributed by atoms with van der Waals surface area (Å²) in [6.07, 6.45) is 0. The van der Waals surface area contributed by atoms with Crippen molar-refractivity contribution in [3.05, 3.63) is 23.0 Å². The molecule has 0 bridgehead atoms. The van der Waals surface area contributed by atoms with Crippen LogP contribution < -0.4 is 0 Å². The van der Waals surface area contributed by atoms with Crippen LogP contribution in [0.2, 0.25) is 5.15 Å². The summed E-state index contributed by atoms with van der Waals surface area (Å²) in [6, 6.07) is 2.98. The summed E-state index contributed by atoms with van der Waals surface area (Å²) in [5.74, 6) is -0.165. The second-order valence-electron chi connectivity index (χ2n) is 3.23. The standard InChI is InChI=1S/C9H11ClN2O2/c1-6(2)5-14-9(13)7-3-4-8(10)12-11-7/h3-4,6H,5H2,1-2H3. The van der Waals surface area contributed by atoms with Crippen LogP contribution in [0.5, 0.6) is 0 Å². The Balaban J connectivity index is 2.57. The molecule has 1 aromatic heterocycles. The first-order valence-electron chi connectivity index (χ1n) is 4.26. The summed E-state index contributed by atoms with van der Waals surface area (Å²) in [4.78, 5) is 11.3. The number of hydrogen-bond acceptors (Lipinski definition) is 4. The van der Waals surface area contributed by atoms with E-state index in [1.807, 2.05) is 13.8 Å². The van der Waals surface area contributed by atoms with Crippen LogP contribution in [0.25, 0.3) is 0 Å². The second kappa shape index (κ2) is 4.91. The number of carbonyl (C=O) groups is 1. The molecule has 1 aromatic rings. The van der Waals surface area contributed by atoms with Crippen molar-refractivity contribution < 1.29 is 9.53 Å². The molecule has 0 atom stereocenters. The summed E-state index contributed by atoms with van der Waals surface area (Å²) < 4.78 is 4.94. The summed E-state index contributed by atoms with van der Waals surface area (Å²) in [5, 5.41) is 7.40. The number of halogens is 1. The summed E-state index contributed by atoms with van der Waals surface area (Å²) >= 11 is 5.52. The first kappa shape index (κ1) is 10.9. The zero-order chi connectivity index (χ0) is 10.6. The summed E-state index contributed by atoms with van der Waals surface area (Å²) in [7, 11) is 0. The molecule has 14 heavy (non-hydrogen) atoms. The number of hydrogen-bond donors (Lipinski definition) is 0. The van der Waals surface area contributed by atoms with Crippen LogP contribution in [-0.4, -0.2) is 22.8 Å². The van der Waals surface area contributed by atoms with E-state index in [2.05, 4.69) is 10.2 Å². The van der Waals surface area contributed by atoms with Gasteiger partial charge in [0.1, 0.15) is 0 Å². The van der Waals surface area contributed by atoms with Gasteiger partial charge in [-0.3, -0.25) is 0 Å². The largest absolute Gasteiger partial charge is 0.461 e. The second-order valence-corrected chi connectivity index (χ2v) is 3.62. The maximum atomic E-state index is 11.3. The molecule has 0 aromatic carbocycles. The van der Waals surface area contributed by atoms with Gasteiger partial charge in [-0.25, -0.2) is 4.79 Å². The van der Waals surface area contributed by atoms with Crippen molar-refractivity contribution in [3.63, 3.8) is 0 Å². The van der Waals surface area contributed by atoms with Gasteiger partial charge >= 0.3 is 5.97 Å². The Hall–Kier alpha value is -1.16. The molecule has 0 saturated heterocycles. The van der Waals surface area contributed by atoms with Crippen molar-refractivity contribution in [2.75, 3.05) is 6.61 Å². The third kappa shape index (κ3) is 3.30. The molecule has 0 amide bonds. The molecule has 0 N–H and O–H groups in total. The smallest absolute Gasteiger partial charge is 0.358 e. The van der Waals surface area contributed by atoms with Crippen LogP contribution in [-0.2, 0) is 4.74 Å². The molecule has 0 spiro atoms. The number of carbonyl (C=O) groups excluding carboxylic acids is 1. The van der Waals surface area contributed by atoms with Crippen molar-refractivity contribution in [2.24, 2.45) is 5.92 Å². The monoisotopic (exact) mass is 214 g/mol. The lowest BCUT2D eigenvalue weighted by molar-refractivity contribution is 0.0450. The Bertz CT molecular complexity index is 311. The molecule has 1 heterocycles. The Morgan fingerprint density at radius 3 is 2.71 bits per heavy atom. The number of nitrogens with zero attached hydrogens (tertiary/aromatic N) is 2. The van der Waals surface area contributed by atoms with Gasteiger partial charge in [-0.15, -0.1) is 10.2 Å². The molecular weight excluding hydrogens is 204 g/mol.